The van der Waals surface area contributed by atoms with E-state index in [1.54, 1.807) is 0 Å². The normalized spacial score (nSPS) is 17.9. The quantitative estimate of drug-likeness (QED) is 0.737. The summed E-state index contributed by atoms with van der Waals surface area (Å²) in [5, 5.41) is 2.42. The number of nitrogens with two attached hydrogens (primary N) is 1. The molecule has 0 saturated heterocycles. The second-order valence-corrected chi connectivity index (χ2v) is 5.90. The number of benzene rings is 1. The Labute approximate surface area is 124 Å². The van der Waals surface area contributed by atoms with Crippen molar-refractivity contribution in [1.29, 1.82) is 0 Å². The van der Waals surface area contributed by atoms with Gasteiger partial charge in [-0.1, -0.05) is 12.1 Å². The lowest BCUT2D eigenvalue weighted by Crippen LogP contribution is -2.18. The van der Waals surface area contributed by atoms with E-state index in [1.807, 2.05) is 12.4 Å². The van der Waals surface area contributed by atoms with E-state index < -0.39 is 0 Å². The largest absolute Gasteiger partial charge is 0.324 e. The first kappa shape index (κ1) is 12.6. The second-order valence-electron chi connectivity index (χ2n) is 5.90. The van der Waals surface area contributed by atoms with E-state index in [0.29, 0.717) is 0 Å². The molecule has 1 aliphatic carbocycles. The third-order valence-corrected chi connectivity index (χ3v) is 4.55. The molecule has 0 fully saturated rings. The highest BCUT2D eigenvalue weighted by Crippen LogP contribution is 2.34. The first-order chi connectivity index (χ1) is 10.3. The van der Waals surface area contributed by atoms with Crippen molar-refractivity contribution in [3.8, 4) is 5.69 Å². The summed E-state index contributed by atoms with van der Waals surface area (Å²) in [7, 11) is 0. The first-order valence-corrected chi connectivity index (χ1v) is 7.55. The first-order valence-electron chi connectivity index (χ1n) is 7.55. The number of rotatable bonds is 1. The molecule has 0 amide bonds. The minimum Gasteiger partial charge on any atom is -0.324 e. The van der Waals surface area contributed by atoms with E-state index in [9.17, 15) is 0 Å². The highest BCUT2D eigenvalue weighted by Gasteiger charge is 2.23. The van der Waals surface area contributed by atoms with Crippen LogP contribution < -0.4 is 5.73 Å². The second kappa shape index (κ2) is 4.71. The molecule has 1 aliphatic rings. The van der Waals surface area contributed by atoms with Gasteiger partial charge in [0.05, 0.1) is 5.69 Å². The van der Waals surface area contributed by atoms with Crippen molar-refractivity contribution in [2.45, 2.75) is 32.2 Å². The Morgan fingerprint density at radius 2 is 2.19 bits per heavy atom. The molecule has 0 spiro atoms. The Morgan fingerprint density at radius 3 is 3.10 bits per heavy atom. The number of aromatic nitrogens is 2. The number of nitrogens with zero attached hydrogens (tertiary/aromatic N) is 2. The molecule has 3 heteroatoms. The zero-order valence-corrected chi connectivity index (χ0v) is 12.2. The molecule has 0 aliphatic heterocycles. The average molecular weight is 277 g/mol. The molecule has 21 heavy (non-hydrogen) atoms. The lowest BCUT2D eigenvalue weighted by molar-refractivity contribution is 0.560. The number of pyridine rings is 1. The third-order valence-electron chi connectivity index (χ3n) is 4.55. The molecule has 2 heterocycles. The molecule has 1 atom stereocenters. The maximum Gasteiger partial charge on any atom is 0.0549 e. The minimum atomic E-state index is 0.182. The van der Waals surface area contributed by atoms with Crippen LogP contribution in [0.4, 0.5) is 0 Å². The van der Waals surface area contributed by atoms with Gasteiger partial charge in [0, 0.05) is 35.2 Å². The van der Waals surface area contributed by atoms with E-state index in [0.717, 1.165) is 12.8 Å². The molecule has 1 aromatic carbocycles. The van der Waals surface area contributed by atoms with E-state index in [4.69, 9.17) is 5.73 Å². The maximum atomic E-state index is 6.29. The fourth-order valence-corrected chi connectivity index (χ4v) is 3.56. The van der Waals surface area contributed by atoms with Gasteiger partial charge in [0.15, 0.2) is 0 Å². The van der Waals surface area contributed by atoms with Gasteiger partial charge in [-0.05, 0) is 55.3 Å². The fourth-order valence-electron chi connectivity index (χ4n) is 3.56. The van der Waals surface area contributed by atoms with Crippen molar-refractivity contribution < 1.29 is 0 Å². The lowest BCUT2D eigenvalue weighted by Gasteiger charge is -2.22. The van der Waals surface area contributed by atoms with Crippen LogP contribution in [0.15, 0.2) is 42.7 Å². The van der Waals surface area contributed by atoms with Gasteiger partial charge in [0.25, 0.3) is 0 Å². The maximum absolute atomic E-state index is 6.29. The standard InChI is InChI=1S/C18H19N3/c1-12-10-14-16(19)5-3-7-17(14)21(12)18-6-2-4-13-8-9-20-11-15(13)18/h2,4,6,8-11,16H,3,5,7,19H2,1H3. The highest BCUT2D eigenvalue weighted by atomic mass is 15.0. The van der Waals surface area contributed by atoms with Gasteiger partial charge in [-0.15, -0.1) is 0 Å². The molecular weight excluding hydrogens is 258 g/mol. The van der Waals surface area contributed by atoms with Crippen LogP contribution in [0, 0.1) is 6.92 Å². The van der Waals surface area contributed by atoms with Crippen LogP contribution in [0.1, 0.15) is 35.8 Å². The van der Waals surface area contributed by atoms with E-state index in [1.165, 1.54) is 39.8 Å². The van der Waals surface area contributed by atoms with Crippen molar-refractivity contribution in [3.63, 3.8) is 0 Å². The van der Waals surface area contributed by atoms with Crippen molar-refractivity contribution in [2.24, 2.45) is 5.73 Å². The summed E-state index contributed by atoms with van der Waals surface area (Å²) in [6.45, 7) is 2.17. The van der Waals surface area contributed by atoms with Crippen LogP contribution in [-0.2, 0) is 6.42 Å². The molecule has 0 radical (unpaired) electrons. The Hall–Kier alpha value is -2.13. The highest BCUT2D eigenvalue weighted by molar-refractivity contribution is 5.89. The van der Waals surface area contributed by atoms with Crippen LogP contribution in [0.5, 0.6) is 0 Å². The predicted octanol–water partition coefficient (Wildman–Crippen LogP) is 3.67. The summed E-state index contributed by atoms with van der Waals surface area (Å²) >= 11 is 0. The van der Waals surface area contributed by atoms with Gasteiger partial charge in [-0.2, -0.15) is 0 Å². The molecule has 3 aromatic rings. The van der Waals surface area contributed by atoms with Gasteiger partial charge >= 0.3 is 0 Å². The number of aryl methyl sites for hydroxylation is 1. The number of hydrogen-bond acceptors (Lipinski definition) is 2. The van der Waals surface area contributed by atoms with Crippen LogP contribution in [-0.4, -0.2) is 9.55 Å². The Kier molecular flexibility index (Phi) is 2.82. The van der Waals surface area contributed by atoms with Crippen molar-refractivity contribution in [1.82, 2.24) is 9.55 Å². The summed E-state index contributed by atoms with van der Waals surface area (Å²) in [4.78, 5) is 4.30. The summed E-state index contributed by atoms with van der Waals surface area (Å²) in [5.74, 6) is 0. The van der Waals surface area contributed by atoms with Gasteiger partial charge < -0.3 is 10.3 Å². The van der Waals surface area contributed by atoms with Crippen LogP contribution in [0.3, 0.4) is 0 Å². The summed E-state index contributed by atoms with van der Waals surface area (Å²) in [6.07, 6.45) is 7.17. The monoisotopic (exact) mass is 277 g/mol. The molecule has 0 bridgehead atoms. The van der Waals surface area contributed by atoms with E-state index in [2.05, 4.69) is 46.8 Å². The lowest BCUT2D eigenvalue weighted by atomic mass is 9.93. The van der Waals surface area contributed by atoms with E-state index >= 15 is 0 Å². The third kappa shape index (κ3) is 1.88. The number of hydrogen-bond donors (Lipinski definition) is 1. The molecular formula is C18H19N3. The smallest absolute Gasteiger partial charge is 0.0549 e. The Balaban J connectivity index is 2.02. The van der Waals surface area contributed by atoms with Crippen molar-refractivity contribution in [2.75, 3.05) is 0 Å². The topological polar surface area (TPSA) is 43.8 Å². The van der Waals surface area contributed by atoms with Crippen LogP contribution in [0.25, 0.3) is 16.5 Å². The summed E-state index contributed by atoms with van der Waals surface area (Å²) in [6, 6.07) is 10.9. The molecule has 2 aromatic heterocycles. The molecule has 0 saturated carbocycles. The molecule has 2 N–H and O–H groups in total. The van der Waals surface area contributed by atoms with Crippen LogP contribution >= 0.6 is 0 Å². The van der Waals surface area contributed by atoms with Crippen LogP contribution in [0.2, 0.25) is 0 Å². The predicted molar refractivity (Wildman–Crippen MR) is 85.7 cm³/mol. The minimum absolute atomic E-state index is 0.182. The number of fused-ring (bicyclic) bond motifs is 2. The zero-order chi connectivity index (χ0) is 14.4. The Bertz CT molecular complexity index is 811. The Morgan fingerprint density at radius 1 is 1.29 bits per heavy atom. The molecule has 106 valence electrons. The molecule has 3 nitrogen and oxygen atoms in total. The van der Waals surface area contributed by atoms with Crippen molar-refractivity contribution in [3.05, 3.63) is 59.7 Å². The average Bonchev–Trinajstić information content (AvgIpc) is 2.84. The van der Waals surface area contributed by atoms with Crippen molar-refractivity contribution >= 4 is 10.8 Å². The summed E-state index contributed by atoms with van der Waals surface area (Å²) in [5.41, 5.74) is 11.5. The van der Waals surface area contributed by atoms with Gasteiger partial charge in [-0.3, -0.25) is 4.98 Å². The zero-order valence-electron chi connectivity index (χ0n) is 12.2. The van der Waals surface area contributed by atoms with Gasteiger partial charge in [-0.25, -0.2) is 0 Å². The molecule has 4 rings (SSSR count). The SMILES string of the molecule is Cc1cc2c(n1-c1cccc3ccncc13)CCCC2N. The van der Waals surface area contributed by atoms with Gasteiger partial charge in [0.1, 0.15) is 0 Å². The summed E-state index contributed by atoms with van der Waals surface area (Å²) < 4.78 is 2.37. The molecule has 1 unspecified atom stereocenters. The van der Waals surface area contributed by atoms with E-state index in [-0.39, 0.29) is 6.04 Å². The van der Waals surface area contributed by atoms with Gasteiger partial charge in [0.2, 0.25) is 0 Å². The fraction of sp³-hybridized carbons (Fsp3) is 0.278.